The molecule has 0 bridgehead atoms. The summed E-state index contributed by atoms with van der Waals surface area (Å²) in [5, 5.41) is 12.8. The molecular formula is C13H14N2O. The van der Waals surface area contributed by atoms with Crippen LogP contribution < -0.4 is 5.32 Å². The Morgan fingerprint density at radius 1 is 1.19 bits per heavy atom. The first kappa shape index (κ1) is 9.48. The first-order valence-corrected chi connectivity index (χ1v) is 5.54. The molecular weight excluding hydrogens is 200 g/mol. The van der Waals surface area contributed by atoms with Gasteiger partial charge in [-0.2, -0.15) is 0 Å². The maximum absolute atomic E-state index is 9.45. The fourth-order valence-electron chi connectivity index (χ4n) is 2.19. The van der Waals surface area contributed by atoms with Crippen LogP contribution in [0.4, 0.5) is 0 Å². The van der Waals surface area contributed by atoms with Gasteiger partial charge in [0.2, 0.25) is 0 Å². The minimum Gasteiger partial charge on any atom is -0.508 e. The number of phenols is 1. The summed E-state index contributed by atoms with van der Waals surface area (Å²) in [5.74, 6) is 0.309. The highest BCUT2D eigenvalue weighted by atomic mass is 16.3. The average molecular weight is 214 g/mol. The quantitative estimate of drug-likeness (QED) is 0.680. The molecule has 1 aromatic heterocycles. The summed E-state index contributed by atoms with van der Waals surface area (Å²) in [4.78, 5) is 3.40. The van der Waals surface area contributed by atoms with E-state index in [0.29, 0.717) is 5.75 Å². The van der Waals surface area contributed by atoms with E-state index in [-0.39, 0.29) is 0 Å². The van der Waals surface area contributed by atoms with Crippen molar-refractivity contribution in [2.45, 2.75) is 13.0 Å². The smallest absolute Gasteiger partial charge is 0.116 e. The van der Waals surface area contributed by atoms with E-state index in [2.05, 4.69) is 16.4 Å². The van der Waals surface area contributed by atoms with Crippen LogP contribution >= 0.6 is 0 Å². The molecule has 0 saturated heterocycles. The Bertz CT molecular complexity index is 493. The van der Waals surface area contributed by atoms with E-state index < -0.39 is 0 Å². The number of hydrogen-bond donors (Lipinski definition) is 3. The van der Waals surface area contributed by atoms with Crippen LogP contribution in [-0.4, -0.2) is 16.6 Å². The van der Waals surface area contributed by atoms with Crippen LogP contribution in [0.5, 0.6) is 5.75 Å². The Balaban J connectivity index is 2.03. The lowest BCUT2D eigenvalue weighted by Gasteiger charge is -2.11. The average Bonchev–Trinajstić information content (AvgIpc) is 2.72. The minimum atomic E-state index is 0.309. The van der Waals surface area contributed by atoms with Gasteiger partial charge in [0.1, 0.15) is 5.75 Å². The van der Waals surface area contributed by atoms with Crippen molar-refractivity contribution in [3.63, 3.8) is 0 Å². The van der Waals surface area contributed by atoms with Crippen molar-refractivity contribution in [2.75, 3.05) is 6.54 Å². The lowest BCUT2D eigenvalue weighted by atomic mass is 10.1. The number of aromatic hydroxyl groups is 1. The fraction of sp³-hybridized carbons (Fsp3) is 0.231. The predicted molar refractivity (Wildman–Crippen MR) is 63.3 cm³/mol. The number of aromatic nitrogens is 1. The zero-order chi connectivity index (χ0) is 11.0. The third kappa shape index (κ3) is 1.59. The first-order valence-electron chi connectivity index (χ1n) is 5.54. The fourth-order valence-corrected chi connectivity index (χ4v) is 2.19. The van der Waals surface area contributed by atoms with Crippen molar-refractivity contribution >= 4 is 0 Å². The molecule has 0 amide bonds. The van der Waals surface area contributed by atoms with E-state index in [1.54, 1.807) is 12.1 Å². The van der Waals surface area contributed by atoms with Gasteiger partial charge in [0.05, 0.1) is 0 Å². The molecule has 3 heteroatoms. The lowest BCUT2D eigenvalue weighted by molar-refractivity contribution is 0.475. The Kier molecular flexibility index (Phi) is 2.18. The summed E-state index contributed by atoms with van der Waals surface area (Å²) >= 11 is 0. The Morgan fingerprint density at radius 3 is 2.94 bits per heavy atom. The van der Waals surface area contributed by atoms with Crippen LogP contribution in [0.3, 0.4) is 0 Å². The number of hydrogen-bond acceptors (Lipinski definition) is 2. The van der Waals surface area contributed by atoms with Crippen LogP contribution in [0.15, 0.2) is 30.3 Å². The largest absolute Gasteiger partial charge is 0.508 e. The summed E-state index contributed by atoms with van der Waals surface area (Å²) < 4.78 is 0. The first-order chi connectivity index (χ1) is 7.83. The SMILES string of the molecule is Oc1cccc(-c2cc3c([nH]2)CNCC3)c1. The molecule has 16 heavy (non-hydrogen) atoms. The third-order valence-corrected chi connectivity index (χ3v) is 3.02. The van der Waals surface area contributed by atoms with Gasteiger partial charge in [0.15, 0.2) is 0 Å². The summed E-state index contributed by atoms with van der Waals surface area (Å²) in [5.41, 5.74) is 4.78. The number of benzene rings is 1. The van der Waals surface area contributed by atoms with E-state index in [0.717, 1.165) is 30.8 Å². The number of rotatable bonds is 1. The maximum atomic E-state index is 9.45. The standard InChI is InChI=1S/C13H14N2O/c16-11-3-1-2-9(6-11)12-7-10-4-5-14-8-13(10)15-12/h1-3,6-7,14-16H,4-5,8H2. The van der Waals surface area contributed by atoms with Crippen molar-refractivity contribution < 1.29 is 5.11 Å². The van der Waals surface area contributed by atoms with E-state index in [4.69, 9.17) is 0 Å². The van der Waals surface area contributed by atoms with Gasteiger partial charge in [-0.1, -0.05) is 12.1 Å². The molecule has 3 rings (SSSR count). The molecule has 2 aromatic rings. The van der Waals surface area contributed by atoms with Gasteiger partial charge in [-0.25, -0.2) is 0 Å². The molecule has 3 N–H and O–H groups in total. The van der Waals surface area contributed by atoms with Gasteiger partial charge in [-0.15, -0.1) is 0 Å². The molecule has 0 radical (unpaired) electrons. The monoisotopic (exact) mass is 214 g/mol. The van der Waals surface area contributed by atoms with Gasteiger partial charge in [0.25, 0.3) is 0 Å². The van der Waals surface area contributed by atoms with E-state index in [9.17, 15) is 5.11 Å². The summed E-state index contributed by atoms with van der Waals surface area (Å²) in [6.45, 7) is 1.96. The summed E-state index contributed by atoms with van der Waals surface area (Å²) in [6, 6.07) is 9.52. The summed E-state index contributed by atoms with van der Waals surface area (Å²) in [7, 11) is 0. The lowest BCUT2D eigenvalue weighted by Crippen LogP contribution is -2.22. The Labute approximate surface area is 94.1 Å². The predicted octanol–water partition coefficient (Wildman–Crippen LogP) is 2.03. The third-order valence-electron chi connectivity index (χ3n) is 3.02. The molecule has 82 valence electrons. The van der Waals surface area contributed by atoms with Gasteiger partial charge in [-0.05, 0) is 36.7 Å². The molecule has 0 saturated carbocycles. The normalized spacial score (nSPS) is 14.8. The van der Waals surface area contributed by atoms with Crippen LogP contribution in [0.2, 0.25) is 0 Å². The van der Waals surface area contributed by atoms with Crippen molar-refractivity contribution in [1.82, 2.24) is 10.3 Å². The number of H-pyrrole nitrogens is 1. The van der Waals surface area contributed by atoms with Crippen molar-refractivity contribution in [3.8, 4) is 17.0 Å². The van der Waals surface area contributed by atoms with Crippen molar-refractivity contribution in [1.29, 1.82) is 0 Å². The molecule has 3 nitrogen and oxygen atoms in total. The van der Waals surface area contributed by atoms with Gasteiger partial charge in [0, 0.05) is 23.5 Å². The number of aromatic amines is 1. The van der Waals surface area contributed by atoms with Crippen LogP contribution in [0.25, 0.3) is 11.3 Å². The van der Waals surface area contributed by atoms with E-state index in [1.165, 1.54) is 11.3 Å². The second-order valence-electron chi connectivity index (χ2n) is 4.16. The van der Waals surface area contributed by atoms with Crippen molar-refractivity contribution in [2.24, 2.45) is 0 Å². The number of fused-ring (bicyclic) bond motifs is 1. The molecule has 0 unspecified atom stereocenters. The van der Waals surface area contributed by atoms with Crippen LogP contribution in [0, 0.1) is 0 Å². The zero-order valence-corrected chi connectivity index (χ0v) is 8.96. The second kappa shape index (κ2) is 3.68. The highest BCUT2D eigenvalue weighted by molar-refractivity contribution is 5.63. The zero-order valence-electron chi connectivity index (χ0n) is 8.96. The molecule has 1 aromatic carbocycles. The Morgan fingerprint density at radius 2 is 2.12 bits per heavy atom. The van der Waals surface area contributed by atoms with E-state index >= 15 is 0 Å². The molecule has 0 aliphatic carbocycles. The molecule has 1 aliphatic rings. The number of phenolic OH excluding ortho intramolecular Hbond substituents is 1. The van der Waals surface area contributed by atoms with Gasteiger partial charge < -0.3 is 15.4 Å². The minimum absolute atomic E-state index is 0.309. The second-order valence-corrected chi connectivity index (χ2v) is 4.16. The van der Waals surface area contributed by atoms with Gasteiger partial charge >= 0.3 is 0 Å². The molecule has 0 fully saturated rings. The molecule has 0 spiro atoms. The van der Waals surface area contributed by atoms with Crippen LogP contribution in [-0.2, 0) is 13.0 Å². The summed E-state index contributed by atoms with van der Waals surface area (Å²) in [6.07, 6.45) is 1.07. The van der Waals surface area contributed by atoms with E-state index in [1.807, 2.05) is 12.1 Å². The van der Waals surface area contributed by atoms with Crippen molar-refractivity contribution in [3.05, 3.63) is 41.6 Å². The molecule has 0 atom stereocenters. The highest BCUT2D eigenvalue weighted by Crippen LogP contribution is 2.26. The topological polar surface area (TPSA) is 48.0 Å². The van der Waals surface area contributed by atoms with Crippen LogP contribution in [0.1, 0.15) is 11.3 Å². The highest BCUT2D eigenvalue weighted by Gasteiger charge is 2.12. The van der Waals surface area contributed by atoms with Gasteiger partial charge in [-0.3, -0.25) is 0 Å². The Hall–Kier alpha value is -1.74. The number of nitrogens with one attached hydrogen (secondary N) is 2. The molecule has 1 aliphatic heterocycles. The molecule has 2 heterocycles. The maximum Gasteiger partial charge on any atom is 0.116 e.